The lowest BCUT2D eigenvalue weighted by atomic mass is 9.44. The lowest BCUT2D eigenvalue weighted by Gasteiger charge is -2.60. The first-order valence-electron chi connectivity index (χ1n) is 9.42. The van der Waals surface area contributed by atoms with E-state index in [1.165, 1.54) is 32.1 Å². The summed E-state index contributed by atoms with van der Waals surface area (Å²) >= 11 is 0. The molecule has 2 saturated carbocycles. The average molecular weight is 325 g/mol. The second-order valence-corrected chi connectivity index (χ2v) is 8.52. The molecule has 0 unspecified atom stereocenters. The van der Waals surface area contributed by atoms with Crippen molar-refractivity contribution in [1.82, 2.24) is 0 Å². The highest BCUT2D eigenvalue weighted by Crippen LogP contribution is 2.63. The molecule has 2 rings (SSSR count). The van der Waals surface area contributed by atoms with Crippen molar-refractivity contribution in [2.75, 3.05) is 19.8 Å². The Hall–Kier alpha value is -0.380. The molecule has 0 aromatic carbocycles. The summed E-state index contributed by atoms with van der Waals surface area (Å²) < 4.78 is 0. The first-order valence-corrected chi connectivity index (χ1v) is 9.42. The zero-order chi connectivity index (χ0) is 17.1. The number of rotatable bonds is 6. The van der Waals surface area contributed by atoms with E-state index in [-0.39, 0.29) is 24.0 Å². The third-order valence-corrected chi connectivity index (χ3v) is 7.60. The Kier molecular flexibility index (Phi) is 6.32. The van der Waals surface area contributed by atoms with E-state index in [0.29, 0.717) is 24.4 Å². The summed E-state index contributed by atoms with van der Waals surface area (Å²) in [5.41, 5.74) is 1.47. The molecule has 3 nitrogen and oxygen atoms in total. The molecule has 3 N–H and O–H groups in total. The van der Waals surface area contributed by atoms with Crippen molar-refractivity contribution < 1.29 is 15.3 Å². The predicted octanol–water partition coefficient (Wildman–Crippen LogP) is 3.53. The van der Waals surface area contributed by atoms with Gasteiger partial charge in [-0.25, -0.2) is 0 Å². The normalized spacial score (nSPS) is 41.7. The van der Waals surface area contributed by atoms with Gasteiger partial charge in [0.25, 0.3) is 0 Å². The van der Waals surface area contributed by atoms with Crippen LogP contribution >= 0.6 is 0 Å². The van der Waals surface area contributed by atoms with Crippen LogP contribution in [0.15, 0.2) is 11.6 Å². The van der Waals surface area contributed by atoms with E-state index in [1.807, 2.05) is 0 Å². The molecule has 3 heteroatoms. The Morgan fingerprint density at radius 3 is 2.48 bits per heavy atom. The average Bonchev–Trinajstić information content (AvgIpc) is 2.55. The molecule has 23 heavy (non-hydrogen) atoms. The lowest BCUT2D eigenvalue weighted by Crippen LogP contribution is -2.53. The van der Waals surface area contributed by atoms with E-state index >= 15 is 0 Å². The molecule has 134 valence electrons. The molecule has 0 aromatic rings. The van der Waals surface area contributed by atoms with E-state index in [4.69, 9.17) is 5.11 Å². The molecule has 0 saturated heterocycles. The minimum absolute atomic E-state index is 0.00981. The highest BCUT2D eigenvalue weighted by Gasteiger charge is 2.55. The van der Waals surface area contributed by atoms with Crippen LogP contribution in [0.4, 0.5) is 0 Å². The van der Waals surface area contributed by atoms with Crippen LogP contribution in [0.5, 0.6) is 0 Å². The van der Waals surface area contributed by atoms with Gasteiger partial charge in [-0.3, -0.25) is 0 Å². The standard InChI is InChI=1S/C20H36O3/c1-15-7-10-20(3)17(14-23)5-4-6-18(20)19(15,2)11-8-16(13-22)9-12-21/h9,15,17-18,21-23H,4-8,10-14H2,1-3H3/b16-9-/t15-,17+,18-,19+,20+/m1/s1. The number of hydrogen-bond acceptors (Lipinski definition) is 3. The summed E-state index contributed by atoms with van der Waals surface area (Å²) in [5, 5.41) is 28.5. The second kappa shape index (κ2) is 7.67. The summed E-state index contributed by atoms with van der Waals surface area (Å²) in [7, 11) is 0. The van der Waals surface area contributed by atoms with Crippen molar-refractivity contribution in [3.8, 4) is 0 Å². The third kappa shape index (κ3) is 3.52. The fraction of sp³-hybridized carbons (Fsp3) is 0.900. The Morgan fingerprint density at radius 2 is 1.87 bits per heavy atom. The molecule has 2 aliphatic rings. The van der Waals surface area contributed by atoms with E-state index in [1.54, 1.807) is 6.08 Å². The van der Waals surface area contributed by atoms with Crippen molar-refractivity contribution in [3.05, 3.63) is 11.6 Å². The van der Waals surface area contributed by atoms with Gasteiger partial charge in [-0.1, -0.05) is 33.3 Å². The molecule has 0 bridgehead atoms. The second-order valence-electron chi connectivity index (χ2n) is 8.52. The van der Waals surface area contributed by atoms with E-state index in [9.17, 15) is 10.2 Å². The summed E-state index contributed by atoms with van der Waals surface area (Å²) in [6.45, 7) is 7.62. The van der Waals surface area contributed by atoms with Gasteiger partial charge in [0, 0.05) is 6.61 Å². The molecule has 0 heterocycles. The minimum atomic E-state index is 0.00981. The lowest BCUT2D eigenvalue weighted by molar-refractivity contribution is -0.122. The van der Waals surface area contributed by atoms with Crippen molar-refractivity contribution in [3.63, 3.8) is 0 Å². The number of aliphatic hydroxyl groups is 3. The molecule has 0 aromatic heterocycles. The summed E-state index contributed by atoms with van der Waals surface area (Å²) in [6.07, 6.45) is 9.83. The van der Waals surface area contributed by atoms with Gasteiger partial charge in [0.2, 0.25) is 0 Å². The Morgan fingerprint density at radius 1 is 1.13 bits per heavy atom. The van der Waals surface area contributed by atoms with Gasteiger partial charge in [0.05, 0.1) is 13.2 Å². The van der Waals surface area contributed by atoms with Gasteiger partial charge in [-0.2, -0.15) is 0 Å². The number of fused-ring (bicyclic) bond motifs is 1. The van der Waals surface area contributed by atoms with Crippen molar-refractivity contribution >= 4 is 0 Å². The highest BCUT2D eigenvalue weighted by atomic mass is 16.3. The molecular weight excluding hydrogens is 288 g/mol. The van der Waals surface area contributed by atoms with Gasteiger partial charge in [-0.05, 0) is 72.7 Å². The maximum Gasteiger partial charge on any atom is 0.0642 e. The van der Waals surface area contributed by atoms with Gasteiger partial charge < -0.3 is 15.3 Å². The zero-order valence-electron chi connectivity index (χ0n) is 15.2. The molecule has 0 radical (unpaired) electrons. The van der Waals surface area contributed by atoms with E-state index in [0.717, 1.165) is 18.4 Å². The largest absolute Gasteiger partial charge is 0.396 e. The highest BCUT2D eigenvalue weighted by molar-refractivity contribution is 5.08. The quantitative estimate of drug-likeness (QED) is 0.655. The van der Waals surface area contributed by atoms with Crippen LogP contribution in [-0.4, -0.2) is 35.1 Å². The molecule has 0 spiro atoms. The SMILES string of the molecule is C[C@@H]1CC[C@@]2(C)[C@H](CO)CCC[C@@H]2[C@@]1(C)CC/C(=C/CO)CO. The maximum atomic E-state index is 9.89. The topological polar surface area (TPSA) is 60.7 Å². The Balaban J connectivity index is 2.21. The maximum absolute atomic E-state index is 9.89. The van der Waals surface area contributed by atoms with E-state index in [2.05, 4.69) is 20.8 Å². The van der Waals surface area contributed by atoms with Crippen molar-refractivity contribution in [2.45, 2.75) is 65.7 Å². The fourth-order valence-electron chi connectivity index (χ4n) is 5.70. The first kappa shape index (κ1) is 19.0. The van der Waals surface area contributed by atoms with Gasteiger partial charge >= 0.3 is 0 Å². The monoisotopic (exact) mass is 324 g/mol. The number of aliphatic hydroxyl groups excluding tert-OH is 3. The van der Waals surface area contributed by atoms with Crippen molar-refractivity contribution in [2.24, 2.45) is 28.6 Å². The smallest absolute Gasteiger partial charge is 0.0642 e. The third-order valence-electron chi connectivity index (χ3n) is 7.60. The van der Waals surface area contributed by atoms with Crippen molar-refractivity contribution in [1.29, 1.82) is 0 Å². The summed E-state index contributed by atoms with van der Waals surface area (Å²) in [4.78, 5) is 0. The van der Waals surface area contributed by atoms with Crippen LogP contribution in [0.25, 0.3) is 0 Å². The number of hydrogen-bond donors (Lipinski definition) is 3. The van der Waals surface area contributed by atoms with E-state index < -0.39 is 0 Å². The predicted molar refractivity (Wildman–Crippen MR) is 94.0 cm³/mol. The summed E-state index contributed by atoms with van der Waals surface area (Å²) in [5.74, 6) is 1.77. The first-order chi connectivity index (χ1) is 10.9. The van der Waals surface area contributed by atoms with Crippen LogP contribution < -0.4 is 0 Å². The Bertz CT molecular complexity index is 419. The molecular formula is C20H36O3. The van der Waals surface area contributed by atoms with Crippen LogP contribution in [0.2, 0.25) is 0 Å². The summed E-state index contributed by atoms with van der Waals surface area (Å²) in [6, 6.07) is 0. The van der Waals surface area contributed by atoms with Crippen LogP contribution in [-0.2, 0) is 0 Å². The molecule has 5 atom stereocenters. The molecule has 2 fully saturated rings. The Labute approximate surface area is 141 Å². The molecule has 0 aliphatic heterocycles. The molecule has 0 amide bonds. The minimum Gasteiger partial charge on any atom is -0.396 e. The van der Waals surface area contributed by atoms with Gasteiger partial charge in [-0.15, -0.1) is 0 Å². The molecule has 2 aliphatic carbocycles. The van der Waals surface area contributed by atoms with Gasteiger partial charge in [0.1, 0.15) is 0 Å². The fourth-order valence-corrected chi connectivity index (χ4v) is 5.70. The van der Waals surface area contributed by atoms with Crippen LogP contribution in [0, 0.1) is 28.6 Å². The zero-order valence-corrected chi connectivity index (χ0v) is 15.2. The van der Waals surface area contributed by atoms with Crippen LogP contribution in [0.1, 0.15) is 65.7 Å². The van der Waals surface area contributed by atoms with Gasteiger partial charge in [0.15, 0.2) is 0 Å². The van der Waals surface area contributed by atoms with Crippen LogP contribution in [0.3, 0.4) is 0 Å².